The van der Waals surface area contributed by atoms with Gasteiger partial charge < -0.3 is 14.8 Å². The number of methoxy groups -OCH3 is 2. The number of hydrogen-bond donors (Lipinski definition) is 1. The number of hydrogen-bond acceptors (Lipinski definition) is 4. The van der Waals surface area contributed by atoms with Gasteiger partial charge in [-0.15, -0.1) is 11.8 Å². The van der Waals surface area contributed by atoms with Crippen LogP contribution in [0.4, 0.5) is 0 Å². The number of benzene rings is 1. The van der Waals surface area contributed by atoms with Crippen LogP contribution in [-0.4, -0.2) is 33.6 Å². The summed E-state index contributed by atoms with van der Waals surface area (Å²) in [5.41, 5.74) is 0. The summed E-state index contributed by atoms with van der Waals surface area (Å²) >= 11 is 1.76. The third kappa shape index (κ3) is 3.64. The van der Waals surface area contributed by atoms with E-state index >= 15 is 0 Å². The third-order valence-electron chi connectivity index (χ3n) is 1.98. The fourth-order valence-corrected chi connectivity index (χ4v) is 2.18. The van der Waals surface area contributed by atoms with E-state index in [1.54, 1.807) is 26.0 Å². The smallest absolute Gasteiger partial charge is 0.132 e. The minimum Gasteiger partial charge on any atom is -0.497 e. The second-order valence-corrected chi connectivity index (χ2v) is 4.11. The highest BCUT2D eigenvalue weighted by atomic mass is 32.2. The maximum Gasteiger partial charge on any atom is 0.132 e. The molecule has 0 aliphatic carbocycles. The summed E-state index contributed by atoms with van der Waals surface area (Å²) < 4.78 is 10.5. The second-order valence-electron chi connectivity index (χ2n) is 2.97. The van der Waals surface area contributed by atoms with Crippen molar-refractivity contribution in [2.24, 2.45) is 0 Å². The quantitative estimate of drug-likeness (QED) is 0.595. The van der Waals surface area contributed by atoms with Gasteiger partial charge in [0.25, 0.3) is 0 Å². The Morgan fingerprint density at radius 3 is 2.67 bits per heavy atom. The van der Waals surface area contributed by atoms with Gasteiger partial charge in [0.05, 0.1) is 19.1 Å². The molecule has 0 bridgehead atoms. The van der Waals surface area contributed by atoms with Crippen molar-refractivity contribution in [1.29, 1.82) is 0 Å². The molecule has 0 spiro atoms. The van der Waals surface area contributed by atoms with Crippen LogP contribution in [0.2, 0.25) is 0 Å². The van der Waals surface area contributed by atoms with Gasteiger partial charge in [0.15, 0.2) is 0 Å². The standard InChI is InChI=1S/C11H17NO2S/c1-12-6-7-15-11-8-9(13-2)4-5-10(11)14-3/h4-5,8,12H,6-7H2,1-3H3. The first-order chi connectivity index (χ1) is 7.31. The van der Waals surface area contributed by atoms with Crippen LogP contribution in [0.3, 0.4) is 0 Å². The van der Waals surface area contributed by atoms with Crippen LogP contribution in [0.15, 0.2) is 23.1 Å². The minimum absolute atomic E-state index is 0.864. The summed E-state index contributed by atoms with van der Waals surface area (Å²) in [7, 11) is 5.30. The molecule has 0 radical (unpaired) electrons. The van der Waals surface area contributed by atoms with Crippen LogP contribution < -0.4 is 14.8 Å². The zero-order valence-electron chi connectivity index (χ0n) is 9.37. The Labute approximate surface area is 95.2 Å². The molecule has 0 fully saturated rings. The average Bonchev–Trinajstić information content (AvgIpc) is 2.29. The fraction of sp³-hybridized carbons (Fsp3) is 0.455. The van der Waals surface area contributed by atoms with Crippen molar-refractivity contribution < 1.29 is 9.47 Å². The van der Waals surface area contributed by atoms with Crippen molar-refractivity contribution in [3.05, 3.63) is 18.2 Å². The van der Waals surface area contributed by atoms with Crippen molar-refractivity contribution in [3.8, 4) is 11.5 Å². The van der Waals surface area contributed by atoms with E-state index in [1.165, 1.54) is 0 Å². The molecule has 0 saturated heterocycles. The number of rotatable bonds is 6. The summed E-state index contributed by atoms with van der Waals surface area (Å²) in [4.78, 5) is 1.12. The molecule has 3 nitrogen and oxygen atoms in total. The van der Waals surface area contributed by atoms with Crippen LogP contribution in [0.1, 0.15) is 0 Å². The molecule has 15 heavy (non-hydrogen) atoms. The lowest BCUT2D eigenvalue weighted by atomic mass is 10.3. The van der Waals surface area contributed by atoms with Gasteiger partial charge in [-0.1, -0.05) is 0 Å². The molecular weight excluding hydrogens is 210 g/mol. The summed E-state index contributed by atoms with van der Waals surface area (Å²) in [6.07, 6.45) is 0. The van der Waals surface area contributed by atoms with E-state index < -0.39 is 0 Å². The molecule has 1 aromatic rings. The largest absolute Gasteiger partial charge is 0.497 e. The van der Waals surface area contributed by atoms with E-state index in [2.05, 4.69) is 5.32 Å². The normalized spacial score (nSPS) is 10.1. The molecule has 0 aromatic heterocycles. The SMILES string of the molecule is CNCCSc1cc(OC)ccc1OC. The van der Waals surface area contributed by atoms with Gasteiger partial charge in [0, 0.05) is 12.3 Å². The number of thioether (sulfide) groups is 1. The first-order valence-electron chi connectivity index (χ1n) is 4.81. The van der Waals surface area contributed by atoms with Gasteiger partial charge in [-0.3, -0.25) is 0 Å². The molecule has 4 heteroatoms. The lowest BCUT2D eigenvalue weighted by Crippen LogP contribution is -2.09. The van der Waals surface area contributed by atoms with Crippen LogP contribution in [0.25, 0.3) is 0 Å². The van der Waals surface area contributed by atoms with Crippen molar-refractivity contribution in [1.82, 2.24) is 5.32 Å². The van der Waals surface area contributed by atoms with Crippen molar-refractivity contribution in [2.75, 3.05) is 33.6 Å². The van der Waals surface area contributed by atoms with Gasteiger partial charge in [-0.05, 0) is 25.2 Å². The molecule has 0 atom stereocenters. The highest BCUT2D eigenvalue weighted by Crippen LogP contribution is 2.32. The monoisotopic (exact) mass is 227 g/mol. The predicted octanol–water partition coefficient (Wildman–Crippen LogP) is 2.02. The third-order valence-corrected chi connectivity index (χ3v) is 3.02. The Kier molecular flexibility index (Phi) is 5.36. The first-order valence-corrected chi connectivity index (χ1v) is 5.79. The highest BCUT2D eigenvalue weighted by molar-refractivity contribution is 7.99. The zero-order chi connectivity index (χ0) is 11.1. The van der Waals surface area contributed by atoms with Gasteiger partial charge >= 0.3 is 0 Å². The summed E-state index contributed by atoms with van der Waals surface area (Å²) in [6.45, 7) is 0.977. The van der Waals surface area contributed by atoms with Gasteiger partial charge in [0.1, 0.15) is 11.5 Å². The molecule has 0 aliphatic heterocycles. The average molecular weight is 227 g/mol. The highest BCUT2D eigenvalue weighted by Gasteiger charge is 2.04. The van der Waals surface area contributed by atoms with Gasteiger partial charge in [0.2, 0.25) is 0 Å². The predicted molar refractivity (Wildman–Crippen MR) is 64.2 cm³/mol. The summed E-state index contributed by atoms with van der Waals surface area (Å²) in [5.74, 6) is 2.78. The Balaban J connectivity index is 2.72. The maximum absolute atomic E-state index is 5.28. The molecule has 1 N–H and O–H groups in total. The van der Waals surface area contributed by atoms with Crippen molar-refractivity contribution in [3.63, 3.8) is 0 Å². The summed E-state index contributed by atoms with van der Waals surface area (Å²) in [5, 5.41) is 3.11. The van der Waals surface area contributed by atoms with E-state index in [1.807, 2.05) is 25.2 Å². The molecule has 0 heterocycles. The van der Waals surface area contributed by atoms with Crippen LogP contribution in [0, 0.1) is 0 Å². The van der Waals surface area contributed by atoms with E-state index in [-0.39, 0.29) is 0 Å². The Morgan fingerprint density at radius 1 is 1.27 bits per heavy atom. The van der Waals surface area contributed by atoms with E-state index in [0.29, 0.717) is 0 Å². The van der Waals surface area contributed by atoms with E-state index in [0.717, 1.165) is 28.7 Å². The lowest BCUT2D eigenvalue weighted by Gasteiger charge is -2.09. The van der Waals surface area contributed by atoms with Gasteiger partial charge in [-0.25, -0.2) is 0 Å². The van der Waals surface area contributed by atoms with Crippen molar-refractivity contribution in [2.45, 2.75) is 4.90 Å². The molecule has 0 unspecified atom stereocenters. The second kappa shape index (κ2) is 6.58. The van der Waals surface area contributed by atoms with Crippen LogP contribution in [0.5, 0.6) is 11.5 Å². The molecule has 1 rings (SSSR count). The Morgan fingerprint density at radius 2 is 2.07 bits per heavy atom. The first kappa shape index (κ1) is 12.2. The molecule has 0 aliphatic rings. The molecule has 1 aromatic carbocycles. The Bertz CT molecular complexity index is 305. The molecular formula is C11H17NO2S. The molecule has 84 valence electrons. The van der Waals surface area contributed by atoms with E-state index in [9.17, 15) is 0 Å². The molecule has 0 saturated carbocycles. The zero-order valence-corrected chi connectivity index (χ0v) is 10.2. The Hall–Kier alpha value is -0.870. The van der Waals surface area contributed by atoms with Crippen molar-refractivity contribution >= 4 is 11.8 Å². The minimum atomic E-state index is 0.864. The number of nitrogens with one attached hydrogen (secondary N) is 1. The van der Waals surface area contributed by atoms with E-state index in [4.69, 9.17) is 9.47 Å². The number of ether oxygens (including phenoxy) is 2. The van der Waals surface area contributed by atoms with Gasteiger partial charge in [-0.2, -0.15) is 0 Å². The topological polar surface area (TPSA) is 30.5 Å². The summed E-state index contributed by atoms with van der Waals surface area (Å²) in [6, 6.07) is 5.83. The fourth-order valence-electron chi connectivity index (χ4n) is 1.16. The maximum atomic E-state index is 5.28. The van der Waals surface area contributed by atoms with Crippen LogP contribution in [-0.2, 0) is 0 Å². The molecule has 0 amide bonds. The van der Waals surface area contributed by atoms with Crippen LogP contribution >= 0.6 is 11.8 Å². The lowest BCUT2D eigenvalue weighted by molar-refractivity contribution is 0.394.